The average molecular weight is 211 g/mol. The number of rotatable bonds is 0. The monoisotopic (exact) mass is 211 g/mol. The van der Waals surface area contributed by atoms with Gasteiger partial charge in [-0.1, -0.05) is 0 Å². The molecule has 0 spiro atoms. The van der Waals surface area contributed by atoms with Crippen LogP contribution in [0.15, 0.2) is 0 Å². The zero-order valence-corrected chi connectivity index (χ0v) is 5.92. The van der Waals surface area contributed by atoms with Gasteiger partial charge >= 0.3 is 59.6 Å². The van der Waals surface area contributed by atoms with E-state index in [0.717, 1.165) is 0 Å². The topological polar surface area (TPSA) is 51.2 Å². The van der Waals surface area contributed by atoms with Crippen molar-refractivity contribution >= 4 is 0 Å². The first-order valence-corrected chi connectivity index (χ1v) is 1.92. The summed E-state index contributed by atoms with van der Waals surface area (Å²) < 4.78 is 24.2. The second-order valence-electron chi connectivity index (χ2n) is 0. The van der Waals surface area contributed by atoms with Gasteiger partial charge in [-0.25, -0.2) is 0 Å². The van der Waals surface area contributed by atoms with Gasteiger partial charge in [-0.3, -0.25) is 0 Å². The summed E-state index contributed by atoms with van der Waals surface area (Å²) in [7, 11) is 0. The van der Waals surface area contributed by atoms with Crippen molar-refractivity contribution < 1.29 is 59.6 Å². The van der Waals surface area contributed by atoms with Crippen LogP contribution in [0.4, 0.5) is 0 Å². The van der Waals surface area contributed by atoms with E-state index in [2.05, 4.69) is 0 Å². The summed E-state index contributed by atoms with van der Waals surface area (Å²) in [6.07, 6.45) is 0. The van der Waals surface area contributed by atoms with Crippen LogP contribution in [0.1, 0.15) is 0 Å². The van der Waals surface area contributed by atoms with Gasteiger partial charge in [-0.2, -0.15) is 0 Å². The van der Waals surface area contributed by atoms with Gasteiger partial charge in [0.05, 0.1) is 0 Å². The van der Waals surface area contributed by atoms with Crippen LogP contribution in [0.2, 0.25) is 0 Å². The van der Waals surface area contributed by atoms with E-state index < -0.39 is 0 Å². The van der Waals surface area contributed by atoms with E-state index >= 15 is 0 Å². The molecule has 0 aromatic rings. The van der Waals surface area contributed by atoms with E-state index in [1.807, 2.05) is 15.9 Å². The maximum atomic E-state index is 8.12. The first kappa shape index (κ1) is 15.8. The molecule has 6 heteroatoms. The van der Waals surface area contributed by atoms with Gasteiger partial charge in [-0.05, 0) is 0 Å². The summed E-state index contributed by atoms with van der Waals surface area (Å²) in [5, 5.41) is 0. The fourth-order valence-electron chi connectivity index (χ4n) is 0. The molecule has 0 fully saturated rings. The van der Waals surface area contributed by atoms with Crippen LogP contribution in [0, 0.1) is 0 Å². The first-order valence-electron chi connectivity index (χ1n) is 0.465. The Kier molecular flexibility index (Phi) is 411. The molecule has 0 saturated heterocycles. The van der Waals surface area contributed by atoms with Crippen molar-refractivity contribution in [2.75, 3.05) is 0 Å². The van der Waals surface area contributed by atoms with Gasteiger partial charge in [0.15, 0.2) is 0 Å². The number of hydrogen-bond acceptors (Lipinski definition) is 3. The van der Waals surface area contributed by atoms with Crippen LogP contribution in [-0.2, 0) is 59.6 Å². The van der Waals surface area contributed by atoms with Crippen molar-refractivity contribution in [1.82, 2.24) is 0 Å². The Balaban J connectivity index is -0.0000000225. The predicted octanol–water partition coefficient (Wildman–Crippen LogP) is -0.364. The molecule has 0 aliphatic rings. The van der Waals surface area contributed by atoms with Crippen molar-refractivity contribution in [3.05, 3.63) is 0 Å². The Labute approximate surface area is 59.5 Å². The molecule has 0 radical (unpaired) electrons. The van der Waals surface area contributed by atoms with E-state index in [9.17, 15) is 0 Å². The second kappa shape index (κ2) is 156. The Morgan fingerprint density at radius 2 is 1.17 bits per heavy atom. The Morgan fingerprint density at radius 3 is 1.17 bits per heavy atom. The molecule has 0 aliphatic heterocycles. The summed E-state index contributed by atoms with van der Waals surface area (Å²) in [5.74, 6) is 0. The van der Waals surface area contributed by atoms with E-state index in [1.54, 1.807) is 15.9 Å². The molecular formula is CrFeMnO3. The van der Waals surface area contributed by atoms with Crippen LogP contribution < -0.4 is 0 Å². The Morgan fingerprint density at radius 1 is 1.17 bits per heavy atom. The molecule has 0 saturated carbocycles. The Hall–Kier alpha value is 0.971. The third kappa shape index (κ3) is 83.1. The summed E-state index contributed by atoms with van der Waals surface area (Å²) >= 11 is 5.06. The maximum absolute atomic E-state index is 8.12. The van der Waals surface area contributed by atoms with Gasteiger partial charge in [-0.15, -0.1) is 0 Å². The zero-order chi connectivity index (χ0) is 6.00. The minimum absolute atomic E-state index is 1.38. The Bertz CT molecular complexity index is 15.5. The van der Waals surface area contributed by atoms with Gasteiger partial charge < -0.3 is 0 Å². The van der Waals surface area contributed by atoms with Crippen LogP contribution in [0.5, 0.6) is 0 Å². The van der Waals surface area contributed by atoms with Crippen molar-refractivity contribution in [2.24, 2.45) is 0 Å². The van der Waals surface area contributed by atoms with Gasteiger partial charge in [0.2, 0.25) is 0 Å². The SMILES string of the molecule is [O]=[Cr].[O]=[Fe].[O]=[Mn]. The molecule has 0 rings (SSSR count). The van der Waals surface area contributed by atoms with Crippen molar-refractivity contribution in [1.29, 1.82) is 0 Å². The molecule has 0 amide bonds. The molecule has 6 heavy (non-hydrogen) atoms. The summed E-state index contributed by atoms with van der Waals surface area (Å²) in [6.45, 7) is 0. The molecule has 0 aromatic carbocycles. The first-order chi connectivity index (χ1) is 3.00. The molecular weight excluding hydrogens is 211 g/mol. The van der Waals surface area contributed by atoms with Gasteiger partial charge in [0.25, 0.3) is 0 Å². The zero-order valence-electron chi connectivity index (χ0n) is 2.36. The minimum atomic E-state index is 1.38. The van der Waals surface area contributed by atoms with Crippen LogP contribution in [0.3, 0.4) is 0 Å². The fourth-order valence-corrected chi connectivity index (χ4v) is 0. The molecule has 0 N–H and O–H groups in total. The third-order valence-electron chi connectivity index (χ3n) is 0. The van der Waals surface area contributed by atoms with Crippen LogP contribution in [0.25, 0.3) is 0 Å². The molecule has 3 nitrogen and oxygen atoms in total. The molecule has 0 heterocycles. The fraction of sp³-hybridized carbons (Fsp3) is 0. The van der Waals surface area contributed by atoms with Crippen molar-refractivity contribution in [2.45, 2.75) is 0 Å². The van der Waals surface area contributed by atoms with E-state index in [-0.39, 0.29) is 0 Å². The van der Waals surface area contributed by atoms with E-state index in [4.69, 9.17) is 11.5 Å². The average Bonchev–Trinajstić information content (AvgIpc) is 1.81. The molecule has 0 aromatic heterocycles. The molecule has 0 aliphatic carbocycles. The molecule has 39 valence electrons. The standard InChI is InChI=1S/Cr.Fe.Mn.3O. The van der Waals surface area contributed by atoms with Crippen LogP contribution >= 0.6 is 0 Å². The molecule has 0 bridgehead atoms. The van der Waals surface area contributed by atoms with Crippen molar-refractivity contribution in [3.63, 3.8) is 0 Å². The number of hydrogen-bond donors (Lipinski definition) is 0. The molecule has 0 atom stereocenters. The van der Waals surface area contributed by atoms with Gasteiger partial charge in [0.1, 0.15) is 0 Å². The quantitative estimate of drug-likeness (QED) is 0.513. The summed E-state index contributed by atoms with van der Waals surface area (Å²) in [6, 6.07) is 0. The predicted molar refractivity (Wildman–Crippen MR) is 2.06 cm³/mol. The molecule has 0 unspecified atom stereocenters. The van der Waals surface area contributed by atoms with E-state index in [0.29, 0.717) is 0 Å². The second-order valence-corrected chi connectivity index (χ2v) is 0. The normalized spacial score (nSPS) is 2.17. The van der Waals surface area contributed by atoms with Gasteiger partial charge in [0, 0.05) is 0 Å². The van der Waals surface area contributed by atoms with E-state index in [1.165, 1.54) is 16.2 Å². The summed E-state index contributed by atoms with van der Waals surface area (Å²) in [5.41, 5.74) is 0. The third-order valence-corrected chi connectivity index (χ3v) is 0. The van der Waals surface area contributed by atoms with Crippen LogP contribution in [-0.4, -0.2) is 0 Å². The van der Waals surface area contributed by atoms with Crippen molar-refractivity contribution in [3.8, 4) is 0 Å². The summed E-state index contributed by atoms with van der Waals surface area (Å²) in [4.78, 5) is 0.